The topological polar surface area (TPSA) is 35.2 Å². The summed E-state index contributed by atoms with van der Waals surface area (Å²) in [4.78, 5) is 0. The SMILES string of the molecule is COc1ccc(C)cc1C1CC(N)C1(C)C. The van der Waals surface area contributed by atoms with E-state index in [-0.39, 0.29) is 5.41 Å². The minimum Gasteiger partial charge on any atom is -0.496 e. The Morgan fingerprint density at radius 2 is 2.06 bits per heavy atom. The van der Waals surface area contributed by atoms with Gasteiger partial charge < -0.3 is 10.5 Å². The average Bonchev–Trinajstić information content (AvgIpc) is 2.25. The Kier molecular flexibility index (Phi) is 2.70. The first-order valence-electron chi connectivity index (χ1n) is 5.87. The quantitative estimate of drug-likeness (QED) is 0.830. The molecular formula is C14H21NO. The van der Waals surface area contributed by atoms with Crippen LogP contribution in [0.25, 0.3) is 0 Å². The number of rotatable bonds is 2. The highest BCUT2D eigenvalue weighted by Crippen LogP contribution is 2.53. The van der Waals surface area contributed by atoms with Crippen LogP contribution in [0.1, 0.15) is 37.3 Å². The van der Waals surface area contributed by atoms with E-state index in [2.05, 4.69) is 39.0 Å². The fourth-order valence-electron chi connectivity index (χ4n) is 2.61. The van der Waals surface area contributed by atoms with Gasteiger partial charge in [0.15, 0.2) is 0 Å². The maximum atomic E-state index is 6.07. The van der Waals surface area contributed by atoms with Crippen molar-refractivity contribution in [3.8, 4) is 5.75 Å². The van der Waals surface area contributed by atoms with Crippen LogP contribution in [-0.2, 0) is 0 Å². The second-order valence-corrected chi connectivity index (χ2v) is 5.46. The van der Waals surface area contributed by atoms with E-state index in [1.165, 1.54) is 11.1 Å². The zero-order valence-corrected chi connectivity index (χ0v) is 10.6. The normalized spacial score (nSPS) is 27.3. The van der Waals surface area contributed by atoms with Crippen LogP contribution >= 0.6 is 0 Å². The summed E-state index contributed by atoms with van der Waals surface area (Å²) in [6.45, 7) is 6.61. The number of aryl methyl sites for hydroxylation is 1. The van der Waals surface area contributed by atoms with Gasteiger partial charge in [-0.1, -0.05) is 31.5 Å². The van der Waals surface area contributed by atoms with Crippen molar-refractivity contribution in [1.82, 2.24) is 0 Å². The fraction of sp³-hybridized carbons (Fsp3) is 0.571. The molecule has 1 aromatic carbocycles. The summed E-state index contributed by atoms with van der Waals surface area (Å²) in [6.07, 6.45) is 1.06. The lowest BCUT2D eigenvalue weighted by Gasteiger charge is -2.51. The summed E-state index contributed by atoms with van der Waals surface area (Å²) in [7, 11) is 1.74. The summed E-state index contributed by atoms with van der Waals surface area (Å²) >= 11 is 0. The van der Waals surface area contributed by atoms with Crippen LogP contribution < -0.4 is 10.5 Å². The van der Waals surface area contributed by atoms with Crippen molar-refractivity contribution in [2.24, 2.45) is 11.1 Å². The van der Waals surface area contributed by atoms with E-state index in [1.807, 2.05) is 0 Å². The number of hydrogen-bond donors (Lipinski definition) is 1. The lowest BCUT2D eigenvalue weighted by atomic mass is 9.56. The molecule has 0 aliphatic heterocycles. The van der Waals surface area contributed by atoms with E-state index in [0.717, 1.165) is 12.2 Å². The molecule has 0 bridgehead atoms. The number of hydrogen-bond acceptors (Lipinski definition) is 2. The lowest BCUT2D eigenvalue weighted by Crippen LogP contribution is -2.52. The zero-order chi connectivity index (χ0) is 11.9. The van der Waals surface area contributed by atoms with Crippen LogP contribution in [0.15, 0.2) is 18.2 Å². The summed E-state index contributed by atoms with van der Waals surface area (Å²) in [5.74, 6) is 1.52. The fourth-order valence-corrected chi connectivity index (χ4v) is 2.61. The number of methoxy groups -OCH3 is 1. The van der Waals surface area contributed by atoms with Gasteiger partial charge in [-0.3, -0.25) is 0 Å². The van der Waals surface area contributed by atoms with Crippen LogP contribution in [0.2, 0.25) is 0 Å². The highest BCUT2D eigenvalue weighted by molar-refractivity contribution is 5.42. The molecule has 2 nitrogen and oxygen atoms in total. The lowest BCUT2D eigenvalue weighted by molar-refractivity contribution is 0.0963. The Balaban J connectivity index is 2.37. The predicted molar refractivity (Wildman–Crippen MR) is 66.8 cm³/mol. The number of benzene rings is 1. The summed E-state index contributed by atoms with van der Waals surface area (Å²) in [6, 6.07) is 6.69. The molecule has 0 radical (unpaired) electrons. The molecule has 2 atom stereocenters. The van der Waals surface area contributed by atoms with E-state index in [4.69, 9.17) is 10.5 Å². The Bertz CT molecular complexity index is 398. The van der Waals surface area contributed by atoms with Crippen LogP contribution in [0.3, 0.4) is 0 Å². The molecule has 1 aromatic rings. The minimum atomic E-state index is 0.182. The first-order chi connectivity index (χ1) is 7.46. The van der Waals surface area contributed by atoms with Crippen molar-refractivity contribution in [3.05, 3.63) is 29.3 Å². The molecule has 0 heterocycles. The van der Waals surface area contributed by atoms with Gasteiger partial charge in [0.25, 0.3) is 0 Å². The van der Waals surface area contributed by atoms with Crippen molar-refractivity contribution < 1.29 is 4.74 Å². The van der Waals surface area contributed by atoms with E-state index < -0.39 is 0 Å². The molecular weight excluding hydrogens is 198 g/mol. The summed E-state index contributed by atoms with van der Waals surface area (Å²) < 4.78 is 5.44. The van der Waals surface area contributed by atoms with Gasteiger partial charge in [-0.25, -0.2) is 0 Å². The zero-order valence-electron chi connectivity index (χ0n) is 10.6. The summed E-state index contributed by atoms with van der Waals surface area (Å²) in [5.41, 5.74) is 8.85. The molecule has 1 saturated carbocycles. The van der Waals surface area contributed by atoms with Crippen LogP contribution in [0.4, 0.5) is 0 Å². The van der Waals surface area contributed by atoms with Gasteiger partial charge in [0.1, 0.15) is 5.75 Å². The van der Waals surface area contributed by atoms with Gasteiger partial charge in [-0.15, -0.1) is 0 Å². The van der Waals surface area contributed by atoms with Gasteiger partial charge in [0.2, 0.25) is 0 Å². The second-order valence-electron chi connectivity index (χ2n) is 5.46. The van der Waals surface area contributed by atoms with Crippen LogP contribution in [0, 0.1) is 12.3 Å². The Morgan fingerprint density at radius 1 is 1.38 bits per heavy atom. The third-order valence-electron chi connectivity index (χ3n) is 4.10. The smallest absolute Gasteiger partial charge is 0.122 e. The average molecular weight is 219 g/mol. The first kappa shape index (κ1) is 11.5. The predicted octanol–water partition coefficient (Wildman–Crippen LogP) is 2.84. The van der Waals surface area contributed by atoms with Gasteiger partial charge in [0, 0.05) is 6.04 Å². The van der Waals surface area contributed by atoms with Crippen molar-refractivity contribution in [2.45, 2.75) is 39.2 Å². The molecule has 16 heavy (non-hydrogen) atoms. The molecule has 1 aliphatic carbocycles. The van der Waals surface area contributed by atoms with Crippen molar-refractivity contribution in [3.63, 3.8) is 0 Å². The molecule has 0 spiro atoms. The van der Waals surface area contributed by atoms with E-state index in [1.54, 1.807) is 7.11 Å². The maximum Gasteiger partial charge on any atom is 0.122 e. The van der Waals surface area contributed by atoms with Gasteiger partial charge >= 0.3 is 0 Å². The first-order valence-corrected chi connectivity index (χ1v) is 5.87. The maximum absolute atomic E-state index is 6.07. The molecule has 0 aromatic heterocycles. The largest absolute Gasteiger partial charge is 0.496 e. The molecule has 1 aliphatic rings. The number of nitrogens with two attached hydrogens (primary N) is 1. The molecule has 0 amide bonds. The highest BCUT2D eigenvalue weighted by Gasteiger charge is 2.47. The molecule has 0 saturated heterocycles. The van der Waals surface area contributed by atoms with Crippen molar-refractivity contribution in [2.75, 3.05) is 7.11 Å². The van der Waals surface area contributed by atoms with Gasteiger partial charge in [-0.05, 0) is 36.3 Å². The Labute approximate surface area is 97.8 Å². The highest BCUT2D eigenvalue weighted by atomic mass is 16.5. The third-order valence-corrected chi connectivity index (χ3v) is 4.10. The van der Waals surface area contributed by atoms with Gasteiger partial charge in [-0.2, -0.15) is 0 Å². The standard InChI is InChI=1S/C14H21NO/c1-9-5-6-12(16-4)10(7-9)11-8-13(15)14(11,2)3/h5-7,11,13H,8,15H2,1-4H3. The number of ether oxygens (including phenoxy) is 1. The van der Waals surface area contributed by atoms with Crippen molar-refractivity contribution in [1.29, 1.82) is 0 Å². The van der Waals surface area contributed by atoms with Crippen LogP contribution in [0.5, 0.6) is 5.75 Å². The van der Waals surface area contributed by atoms with E-state index in [0.29, 0.717) is 12.0 Å². The Hall–Kier alpha value is -1.02. The molecule has 2 rings (SSSR count). The van der Waals surface area contributed by atoms with E-state index >= 15 is 0 Å². The molecule has 2 N–H and O–H groups in total. The molecule has 88 valence electrons. The molecule has 1 fully saturated rings. The monoisotopic (exact) mass is 219 g/mol. The molecule has 2 heteroatoms. The molecule has 2 unspecified atom stereocenters. The third kappa shape index (κ3) is 1.61. The van der Waals surface area contributed by atoms with Crippen molar-refractivity contribution >= 4 is 0 Å². The summed E-state index contributed by atoms with van der Waals surface area (Å²) in [5, 5.41) is 0. The van der Waals surface area contributed by atoms with E-state index in [9.17, 15) is 0 Å². The van der Waals surface area contributed by atoms with Gasteiger partial charge in [0.05, 0.1) is 7.11 Å². The minimum absolute atomic E-state index is 0.182. The Morgan fingerprint density at radius 3 is 2.56 bits per heavy atom. The van der Waals surface area contributed by atoms with Crippen LogP contribution in [-0.4, -0.2) is 13.2 Å². The second kappa shape index (κ2) is 3.77.